The van der Waals surface area contributed by atoms with E-state index in [1.165, 1.54) is 0 Å². The molecule has 1 aromatic rings. The summed E-state index contributed by atoms with van der Waals surface area (Å²) in [6.07, 6.45) is 9.74. The molecular formula is C18H28N4O3. The Morgan fingerprint density at radius 2 is 2.16 bits per heavy atom. The van der Waals surface area contributed by atoms with Crippen molar-refractivity contribution in [2.24, 2.45) is 5.92 Å². The van der Waals surface area contributed by atoms with Crippen LogP contribution in [0.3, 0.4) is 0 Å². The van der Waals surface area contributed by atoms with Crippen LogP contribution in [0.1, 0.15) is 38.5 Å². The summed E-state index contributed by atoms with van der Waals surface area (Å²) >= 11 is 0. The van der Waals surface area contributed by atoms with Gasteiger partial charge < -0.3 is 19.5 Å². The molecule has 25 heavy (non-hydrogen) atoms. The largest absolute Gasteiger partial charge is 0.396 e. The van der Waals surface area contributed by atoms with E-state index in [4.69, 9.17) is 5.11 Å². The van der Waals surface area contributed by atoms with Gasteiger partial charge in [-0.25, -0.2) is 4.98 Å². The summed E-state index contributed by atoms with van der Waals surface area (Å²) < 4.78 is 1.99. The Morgan fingerprint density at radius 3 is 2.92 bits per heavy atom. The number of aryl methyl sites for hydroxylation is 1. The predicted octanol–water partition coefficient (Wildman–Crippen LogP) is 0.885. The van der Waals surface area contributed by atoms with E-state index < -0.39 is 0 Å². The number of hydrogen-bond acceptors (Lipinski definition) is 4. The van der Waals surface area contributed by atoms with E-state index >= 15 is 0 Å². The summed E-state index contributed by atoms with van der Waals surface area (Å²) in [4.78, 5) is 32.6. The molecule has 0 radical (unpaired) electrons. The zero-order valence-electron chi connectivity index (χ0n) is 14.7. The van der Waals surface area contributed by atoms with Gasteiger partial charge in [0.1, 0.15) is 0 Å². The van der Waals surface area contributed by atoms with E-state index in [0.717, 1.165) is 38.9 Å². The van der Waals surface area contributed by atoms with Gasteiger partial charge in [-0.3, -0.25) is 9.59 Å². The Kier molecular flexibility index (Phi) is 6.07. The summed E-state index contributed by atoms with van der Waals surface area (Å²) in [6.45, 7) is 3.05. The highest BCUT2D eigenvalue weighted by molar-refractivity contribution is 5.78. The first-order valence-corrected chi connectivity index (χ1v) is 9.33. The summed E-state index contributed by atoms with van der Waals surface area (Å²) in [5.41, 5.74) is 0. The van der Waals surface area contributed by atoms with E-state index in [-0.39, 0.29) is 24.5 Å². The molecule has 3 heterocycles. The van der Waals surface area contributed by atoms with Gasteiger partial charge >= 0.3 is 0 Å². The number of fused-ring (bicyclic) bond motifs is 1. The molecule has 0 spiro atoms. The van der Waals surface area contributed by atoms with Crippen molar-refractivity contribution < 1.29 is 14.7 Å². The van der Waals surface area contributed by atoms with Gasteiger partial charge in [0.2, 0.25) is 11.8 Å². The molecule has 0 saturated carbocycles. The van der Waals surface area contributed by atoms with Crippen molar-refractivity contribution in [3.63, 3.8) is 0 Å². The van der Waals surface area contributed by atoms with Crippen molar-refractivity contribution in [1.82, 2.24) is 19.4 Å². The second-order valence-corrected chi connectivity index (χ2v) is 7.06. The number of aliphatic hydroxyl groups excluding tert-OH is 1. The minimum Gasteiger partial charge on any atom is -0.396 e. The number of likely N-dealkylation sites (tertiary alicyclic amines) is 2. The fraction of sp³-hybridized carbons (Fsp3) is 0.722. The van der Waals surface area contributed by atoms with Gasteiger partial charge in [-0.2, -0.15) is 0 Å². The van der Waals surface area contributed by atoms with Gasteiger partial charge in [-0.1, -0.05) is 0 Å². The van der Waals surface area contributed by atoms with Crippen molar-refractivity contribution >= 4 is 11.8 Å². The first kappa shape index (κ1) is 17.9. The fourth-order valence-electron chi connectivity index (χ4n) is 4.10. The average molecular weight is 348 g/mol. The quantitative estimate of drug-likeness (QED) is 0.794. The number of piperidine rings is 2. The van der Waals surface area contributed by atoms with Crippen molar-refractivity contribution in [3.8, 4) is 0 Å². The van der Waals surface area contributed by atoms with E-state index in [2.05, 4.69) is 4.98 Å². The van der Waals surface area contributed by atoms with Crippen molar-refractivity contribution in [2.75, 3.05) is 26.2 Å². The lowest BCUT2D eigenvalue weighted by Gasteiger charge is -2.47. The molecule has 1 aromatic heterocycles. The second kappa shape index (κ2) is 8.47. The number of nitrogens with zero attached hydrogens (tertiary/aromatic N) is 4. The lowest BCUT2D eigenvalue weighted by atomic mass is 9.83. The predicted molar refractivity (Wildman–Crippen MR) is 92.6 cm³/mol. The Balaban J connectivity index is 1.48. The molecule has 0 aromatic carbocycles. The number of carbonyl (C=O) groups is 2. The molecule has 2 saturated heterocycles. The first-order valence-electron chi connectivity index (χ1n) is 9.33. The molecule has 0 bridgehead atoms. The normalized spacial score (nSPS) is 23.6. The van der Waals surface area contributed by atoms with Crippen LogP contribution in [0.25, 0.3) is 0 Å². The second-order valence-electron chi connectivity index (χ2n) is 7.06. The number of aliphatic hydroxyl groups is 1. The zero-order valence-corrected chi connectivity index (χ0v) is 14.7. The SMILES string of the molecule is O=C(CCCn1ccnc1)N1CC[C@@H]2[C@@H](CCC(=O)N2CCCO)C1. The number of amides is 2. The molecule has 0 aliphatic carbocycles. The molecule has 2 atom stereocenters. The number of carbonyl (C=O) groups excluding carboxylic acids is 2. The standard InChI is InChI=1S/C18H28N4O3/c23-12-2-9-22-16-6-10-21(13-15(16)4-5-18(22)25)17(24)3-1-8-20-11-7-19-14-20/h7,11,14-16,23H,1-6,8-10,12-13H2/t15-,16+/m0/s1. The number of rotatable bonds is 7. The van der Waals surface area contributed by atoms with Gasteiger partial charge in [-0.15, -0.1) is 0 Å². The highest BCUT2D eigenvalue weighted by Crippen LogP contribution is 2.31. The highest BCUT2D eigenvalue weighted by Gasteiger charge is 2.39. The lowest BCUT2D eigenvalue weighted by Crippen LogP contribution is -2.57. The molecule has 1 N–H and O–H groups in total. The number of imidazole rings is 1. The molecule has 3 rings (SSSR count). The van der Waals surface area contributed by atoms with E-state index in [1.807, 2.05) is 20.6 Å². The van der Waals surface area contributed by atoms with Gasteiger partial charge in [0.05, 0.1) is 6.33 Å². The molecule has 0 unspecified atom stereocenters. The summed E-state index contributed by atoms with van der Waals surface area (Å²) in [5.74, 6) is 0.801. The Hall–Kier alpha value is -1.89. The van der Waals surface area contributed by atoms with Gasteiger partial charge in [0, 0.05) is 64.1 Å². The van der Waals surface area contributed by atoms with Gasteiger partial charge in [-0.05, 0) is 31.6 Å². The van der Waals surface area contributed by atoms with Crippen LogP contribution in [-0.4, -0.2) is 68.6 Å². The van der Waals surface area contributed by atoms with Crippen molar-refractivity contribution in [1.29, 1.82) is 0 Å². The van der Waals surface area contributed by atoms with E-state index in [0.29, 0.717) is 31.7 Å². The maximum atomic E-state index is 12.5. The maximum absolute atomic E-state index is 12.5. The van der Waals surface area contributed by atoms with Crippen LogP contribution >= 0.6 is 0 Å². The van der Waals surface area contributed by atoms with Crippen molar-refractivity contribution in [3.05, 3.63) is 18.7 Å². The van der Waals surface area contributed by atoms with Crippen LogP contribution in [-0.2, 0) is 16.1 Å². The minimum absolute atomic E-state index is 0.114. The summed E-state index contributed by atoms with van der Waals surface area (Å²) in [5, 5.41) is 9.05. The van der Waals surface area contributed by atoms with Crippen LogP contribution in [0.2, 0.25) is 0 Å². The zero-order chi connectivity index (χ0) is 17.6. The smallest absolute Gasteiger partial charge is 0.222 e. The monoisotopic (exact) mass is 348 g/mol. The van der Waals surface area contributed by atoms with Crippen LogP contribution < -0.4 is 0 Å². The Labute approximate surface area is 148 Å². The fourth-order valence-corrected chi connectivity index (χ4v) is 4.10. The van der Waals surface area contributed by atoms with E-state index in [1.54, 1.807) is 12.5 Å². The van der Waals surface area contributed by atoms with Crippen LogP contribution in [0.4, 0.5) is 0 Å². The number of aromatic nitrogens is 2. The van der Waals surface area contributed by atoms with Crippen LogP contribution in [0, 0.1) is 5.92 Å². The summed E-state index contributed by atoms with van der Waals surface area (Å²) in [7, 11) is 0. The molecule has 7 heteroatoms. The molecule has 7 nitrogen and oxygen atoms in total. The third-order valence-electron chi connectivity index (χ3n) is 5.42. The van der Waals surface area contributed by atoms with Crippen molar-refractivity contribution in [2.45, 2.75) is 51.1 Å². The Bertz CT molecular complexity index is 575. The highest BCUT2D eigenvalue weighted by atomic mass is 16.3. The minimum atomic E-state index is 0.114. The molecule has 2 aliphatic heterocycles. The average Bonchev–Trinajstić information content (AvgIpc) is 3.14. The van der Waals surface area contributed by atoms with Crippen LogP contribution in [0.15, 0.2) is 18.7 Å². The third-order valence-corrected chi connectivity index (χ3v) is 5.42. The molecule has 2 fully saturated rings. The first-order chi connectivity index (χ1) is 12.2. The third kappa shape index (κ3) is 4.39. The molecule has 2 aliphatic rings. The van der Waals surface area contributed by atoms with Crippen LogP contribution in [0.5, 0.6) is 0 Å². The molecule has 2 amide bonds. The topological polar surface area (TPSA) is 78.7 Å². The van der Waals surface area contributed by atoms with Gasteiger partial charge in [0.15, 0.2) is 0 Å². The Morgan fingerprint density at radius 1 is 1.28 bits per heavy atom. The molecular weight excluding hydrogens is 320 g/mol. The molecule has 138 valence electrons. The van der Waals surface area contributed by atoms with E-state index in [9.17, 15) is 9.59 Å². The number of hydrogen-bond donors (Lipinski definition) is 1. The summed E-state index contributed by atoms with van der Waals surface area (Å²) in [6, 6.07) is 0.239. The maximum Gasteiger partial charge on any atom is 0.222 e. The lowest BCUT2D eigenvalue weighted by molar-refractivity contribution is -0.144. The van der Waals surface area contributed by atoms with Gasteiger partial charge in [0.25, 0.3) is 0 Å².